The third-order valence-corrected chi connectivity index (χ3v) is 7.22. The summed E-state index contributed by atoms with van der Waals surface area (Å²) in [5.74, 6) is 1.65. The van der Waals surface area contributed by atoms with Gasteiger partial charge in [0.25, 0.3) is 0 Å². The first-order valence-corrected chi connectivity index (χ1v) is 12.3. The molecule has 0 spiro atoms. The minimum absolute atomic E-state index is 0.101. The van der Waals surface area contributed by atoms with Gasteiger partial charge in [0.2, 0.25) is 10.8 Å². The van der Waals surface area contributed by atoms with Crippen LogP contribution in [-0.4, -0.2) is 57.4 Å². The molecule has 1 saturated heterocycles. The van der Waals surface area contributed by atoms with Crippen molar-refractivity contribution in [2.24, 2.45) is 0 Å². The summed E-state index contributed by atoms with van der Waals surface area (Å²) in [6, 6.07) is 16.0. The van der Waals surface area contributed by atoms with E-state index in [0.717, 1.165) is 53.1 Å². The number of thiazole rings is 1. The number of hydrogen-bond acceptors (Lipinski definition) is 7. The number of aromatic nitrogens is 3. The number of hydrogen-bond donors (Lipinski definition) is 1. The highest BCUT2D eigenvalue weighted by atomic mass is 35.5. The van der Waals surface area contributed by atoms with Crippen molar-refractivity contribution in [1.82, 2.24) is 19.5 Å². The topological polar surface area (TPSA) is 66.1 Å². The highest BCUT2D eigenvalue weighted by Gasteiger charge is 2.31. The van der Waals surface area contributed by atoms with Crippen molar-refractivity contribution in [2.75, 3.05) is 37.7 Å². The number of benzene rings is 2. The number of ether oxygens (including phenoxy) is 1. The first-order valence-electron chi connectivity index (χ1n) is 11.1. The fourth-order valence-electron chi connectivity index (χ4n) is 4.38. The van der Waals surface area contributed by atoms with Crippen LogP contribution in [0.1, 0.15) is 29.2 Å². The number of nitrogens with zero attached hydrogens (tertiary/aromatic N) is 5. The Kier molecular flexibility index (Phi) is 6.14. The van der Waals surface area contributed by atoms with E-state index in [-0.39, 0.29) is 11.9 Å². The van der Waals surface area contributed by atoms with Crippen LogP contribution in [0.5, 0.6) is 11.6 Å². The number of rotatable bonds is 6. The summed E-state index contributed by atoms with van der Waals surface area (Å²) in [7, 11) is 0. The molecule has 0 aliphatic carbocycles. The van der Waals surface area contributed by atoms with E-state index in [4.69, 9.17) is 16.3 Å². The number of aryl methyl sites for hydroxylation is 1. The molecule has 1 N–H and O–H groups in total. The average Bonchev–Trinajstić information content (AvgIpc) is 3.33. The van der Waals surface area contributed by atoms with Gasteiger partial charge < -0.3 is 14.7 Å². The van der Waals surface area contributed by atoms with Gasteiger partial charge in [0.05, 0.1) is 17.5 Å². The van der Waals surface area contributed by atoms with Gasteiger partial charge in [-0.3, -0.25) is 4.90 Å². The predicted octanol–water partition coefficient (Wildman–Crippen LogP) is 4.77. The van der Waals surface area contributed by atoms with Crippen molar-refractivity contribution in [3.8, 4) is 11.6 Å². The van der Waals surface area contributed by atoms with Gasteiger partial charge in [-0.05, 0) is 49.7 Å². The Morgan fingerprint density at radius 2 is 1.88 bits per heavy atom. The van der Waals surface area contributed by atoms with Crippen molar-refractivity contribution >= 4 is 33.6 Å². The lowest BCUT2D eigenvalue weighted by molar-refractivity contribution is 0.211. The maximum Gasteiger partial charge on any atom is 0.230 e. The zero-order valence-electron chi connectivity index (χ0n) is 18.6. The molecular weight excluding hydrogens is 458 g/mol. The summed E-state index contributed by atoms with van der Waals surface area (Å²) in [4.78, 5) is 10.8. The second-order valence-corrected chi connectivity index (χ2v) is 9.50. The molecule has 2 aromatic heterocycles. The van der Waals surface area contributed by atoms with Crippen LogP contribution in [0.2, 0.25) is 5.02 Å². The lowest BCUT2D eigenvalue weighted by atomic mass is 10.0. The standard InChI is InChI=1S/C24H26ClN5O2S/c1-3-32-20-9-7-17(8-10-20)21(22-23(31)30-24(33-22)26-16(2)27-30)29-13-11-28(12-14-29)19-6-4-5-18(25)15-19/h4-10,15,21,31H,3,11-14H2,1-2H3/t21-/m1/s1. The average molecular weight is 484 g/mol. The van der Waals surface area contributed by atoms with Crippen LogP contribution in [0.4, 0.5) is 5.69 Å². The van der Waals surface area contributed by atoms with Crippen LogP contribution < -0.4 is 9.64 Å². The molecule has 1 aliphatic heterocycles. The predicted molar refractivity (Wildman–Crippen MR) is 132 cm³/mol. The number of anilines is 1. The molecule has 7 nitrogen and oxygen atoms in total. The molecule has 0 saturated carbocycles. The SMILES string of the molecule is CCOc1ccc([C@H](c2sc3nc(C)nn3c2O)N2CCN(c3cccc(Cl)c3)CC2)cc1. The van der Waals surface area contributed by atoms with Crippen LogP contribution in [0.3, 0.4) is 0 Å². The molecule has 1 aliphatic rings. The number of fused-ring (bicyclic) bond motifs is 1. The van der Waals surface area contributed by atoms with E-state index < -0.39 is 0 Å². The minimum Gasteiger partial charge on any atom is -0.494 e. The van der Waals surface area contributed by atoms with Gasteiger partial charge >= 0.3 is 0 Å². The fraction of sp³-hybridized carbons (Fsp3) is 0.333. The van der Waals surface area contributed by atoms with E-state index in [2.05, 4.69) is 38.1 Å². The Bertz CT molecular complexity index is 1250. The summed E-state index contributed by atoms with van der Waals surface area (Å²) in [6.45, 7) is 7.86. The van der Waals surface area contributed by atoms with Crippen LogP contribution in [-0.2, 0) is 0 Å². The lowest BCUT2D eigenvalue weighted by Gasteiger charge is -2.40. The maximum atomic E-state index is 11.1. The third-order valence-electron chi connectivity index (χ3n) is 5.91. The molecule has 9 heteroatoms. The van der Waals surface area contributed by atoms with Gasteiger partial charge in [0.15, 0.2) is 0 Å². The third kappa shape index (κ3) is 4.38. The molecular formula is C24H26ClN5O2S. The summed E-state index contributed by atoms with van der Waals surface area (Å²) in [6.07, 6.45) is 0. The lowest BCUT2D eigenvalue weighted by Crippen LogP contribution is -2.47. The Balaban J connectivity index is 1.46. The first-order chi connectivity index (χ1) is 16.0. The van der Waals surface area contributed by atoms with E-state index >= 15 is 0 Å². The molecule has 1 atom stereocenters. The molecule has 0 unspecified atom stereocenters. The van der Waals surface area contributed by atoms with E-state index in [1.807, 2.05) is 44.2 Å². The van der Waals surface area contributed by atoms with Crippen molar-refractivity contribution in [3.63, 3.8) is 0 Å². The van der Waals surface area contributed by atoms with Crippen LogP contribution in [0, 0.1) is 6.92 Å². The smallest absolute Gasteiger partial charge is 0.230 e. The molecule has 4 aromatic rings. The van der Waals surface area contributed by atoms with Crippen LogP contribution in [0.15, 0.2) is 48.5 Å². The quantitative estimate of drug-likeness (QED) is 0.426. The van der Waals surface area contributed by atoms with Crippen LogP contribution in [0.25, 0.3) is 4.96 Å². The molecule has 0 bridgehead atoms. The summed E-state index contributed by atoms with van der Waals surface area (Å²) in [5.41, 5.74) is 2.24. The second-order valence-electron chi connectivity index (χ2n) is 8.05. The van der Waals surface area contributed by atoms with Crippen LogP contribution >= 0.6 is 22.9 Å². The van der Waals surface area contributed by atoms with Crippen molar-refractivity contribution < 1.29 is 9.84 Å². The molecule has 172 valence electrons. The zero-order chi connectivity index (χ0) is 22.9. The van der Waals surface area contributed by atoms with Gasteiger partial charge in [-0.15, -0.1) is 5.10 Å². The molecule has 0 amide bonds. The summed E-state index contributed by atoms with van der Waals surface area (Å²) >= 11 is 7.70. The molecule has 5 rings (SSSR count). The van der Waals surface area contributed by atoms with E-state index in [1.165, 1.54) is 11.3 Å². The van der Waals surface area contributed by atoms with Crippen molar-refractivity contribution in [2.45, 2.75) is 19.9 Å². The minimum atomic E-state index is -0.101. The normalized spacial score (nSPS) is 15.8. The Labute approximate surface area is 201 Å². The molecule has 2 aromatic carbocycles. The largest absolute Gasteiger partial charge is 0.494 e. The maximum absolute atomic E-state index is 11.1. The fourth-order valence-corrected chi connectivity index (χ4v) is 5.73. The highest BCUT2D eigenvalue weighted by Crippen LogP contribution is 2.40. The zero-order valence-corrected chi connectivity index (χ0v) is 20.2. The van der Waals surface area contributed by atoms with E-state index in [9.17, 15) is 5.11 Å². The monoisotopic (exact) mass is 483 g/mol. The molecule has 33 heavy (non-hydrogen) atoms. The molecule has 0 radical (unpaired) electrons. The number of halogens is 1. The van der Waals surface area contributed by atoms with Crippen molar-refractivity contribution in [1.29, 1.82) is 0 Å². The number of aromatic hydroxyl groups is 1. The summed E-state index contributed by atoms with van der Waals surface area (Å²) < 4.78 is 7.18. The molecule has 1 fully saturated rings. The van der Waals surface area contributed by atoms with Crippen molar-refractivity contribution in [3.05, 3.63) is 69.8 Å². The van der Waals surface area contributed by atoms with E-state index in [0.29, 0.717) is 17.4 Å². The van der Waals surface area contributed by atoms with Gasteiger partial charge in [0.1, 0.15) is 11.6 Å². The van der Waals surface area contributed by atoms with Gasteiger partial charge in [-0.25, -0.2) is 4.98 Å². The second kappa shape index (κ2) is 9.21. The Hall–Kier alpha value is -2.81. The van der Waals surface area contributed by atoms with Gasteiger partial charge in [-0.2, -0.15) is 4.52 Å². The Morgan fingerprint density at radius 3 is 2.55 bits per heavy atom. The summed E-state index contributed by atoms with van der Waals surface area (Å²) in [5, 5.41) is 16.2. The Morgan fingerprint density at radius 1 is 1.12 bits per heavy atom. The first kappa shape index (κ1) is 22.0. The van der Waals surface area contributed by atoms with Gasteiger partial charge in [-0.1, -0.05) is 41.1 Å². The number of piperazine rings is 1. The van der Waals surface area contributed by atoms with E-state index in [1.54, 1.807) is 4.52 Å². The highest BCUT2D eigenvalue weighted by molar-refractivity contribution is 7.17. The molecule has 3 heterocycles. The van der Waals surface area contributed by atoms with Gasteiger partial charge in [0, 0.05) is 36.9 Å².